The number of carbonyl (C=O) groups is 1. The largest absolute Gasteiger partial charge is 0.439 e. The third-order valence-electron chi connectivity index (χ3n) is 2.16. The first-order chi connectivity index (χ1) is 9.49. The molecule has 0 amide bonds. The van der Waals surface area contributed by atoms with E-state index in [4.69, 9.17) is 44.8 Å². The molecule has 0 heterocycles. The summed E-state index contributed by atoms with van der Waals surface area (Å²) in [5.41, 5.74) is -0.0163. The number of benzene rings is 1. The molecule has 0 unspecified atom stereocenters. The number of hydrogen-bond donors (Lipinski definition) is 0. The fraction of sp³-hybridized carbons (Fsp3) is 0.143. The second-order valence-corrected chi connectivity index (χ2v) is 4.86. The van der Waals surface area contributed by atoms with Crippen LogP contribution in [0.15, 0.2) is 36.4 Å². The topological polar surface area (TPSA) is 50.1 Å². The summed E-state index contributed by atoms with van der Waals surface area (Å²) in [6.07, 6.45) is 5.50. The monoisotopic (exact) mass is 329 g/mol. The standard InChI is InChI=1S/C14H10Cl3NO2/c1-2-3-4-5-10(8-18)20-14(19)13-11(16)6-9(15)7-12(13)17/h2-7,10H,1H3/b3-2+,5-4+/t10-/m1/s1. The Kier molecular flexibility index (Phi) is 6.60. The van der Waals surface area contributed by atoms with Crippen LogP contribution in [0.25, 0.3) is 0 Å². The average Bonchev–Trinajstić information content (AvgIpc) is 2.36. The number of halogens is 3. The van der Waals surface area contributed by atoms with E-state index < -0.39 is 12.1 Å². The van der Waals surface area contributed by atoms with Crippen LogP contribution < -0.4 is 0 Å². The summed E-state index contributed by atoms with van der Waals surface area (Å²) in [4.78, 5) is 12.0. The molecule has 0 radical (unpaired) electrons. The smallest absolute Gasteiger partial charge is 0.342 e. The molecular weight excluding hydrogens is 321 g/mol. The minimum atomic E-state index is -1.03. The van der Waals surface area contributed by atoms with Crippen LogP contribution in [-0.4, -0.2) is 12.1 Å². The van der Waals surface area contributed by atoms with Crippen molar-refractivity contribution in [1.82, 2.24) is 0 Å². The van der Waals surface area contributed by atoms with Gasteiger partial charge in [0, 0.05) is 5.02 Å². The molecule has 0 fully saturated rings. The molecule has 0 aliphatic carbocycles. The van der Waals surface area contributed by atoms with Gasteiger partial charge in [-0.15, -0.1) is 0 Å². The zero-order valence-electron chi connectivity index (χ0n) is 10.4. The normalized spacial score (nSPS) is 12.6. The maximum absolute atomic E-state index is 12.0. The first kappa shape index (κ1) is 16.6. The Morgan fingerprint density at radius 3 is 2.40 bits per heavy atom. The second kappa shape index (κ2) is 7.96. The number of esters is 1. The molecule has 0 saturated carbocycles. The summed E-state index contributed by atoms with van der Waals surface area (Å²) in [6, 6.07) is 4.59. The van der Waals surface area contributed by atoms with E-state index >= 15 is 0 Å². The molecule has 1 aromatic rings. The van der Waals surface area contributed by atoms with Gasteiger partial charge in [0.25, 0.3) is 0 Å². The zero-order valence-corrected chi connectivity index (χ0v) is 12.7. The third kappa shape index (κ3) is 4.57. The highest BCUT2D eigenvalue weighted by Gasteiger charge is 2.20. The molecule has 0 aromatic heterocycles. The van der Waals surface area contributed by atoms with E-state index in [1.165, 1.54) is 18.2 Å². The maximum atomic E-state index is 12.0. The van der Waals surface area contributed by atoms with Crippen LogP contribution in [0.2, 0.25) is 15.1 Å². The van der Waals surface area contributed by atoms with Gasteiger partial charge in [-0.05, 0) is 25.1 Å². The van der Waals surface area contributed by atoms with Gasteiger partial charge in [-0.1, -0.05) is 53.0 Å². The summed E-state index contributed by atoms with van der Waals surface area (Å²) in [7, 11) is 0. The molecule has 6 heteroatoms. The summed E-state index contributed by atoms with van der Waals surface area (Å²) < 4.78 is 5.00. The van der Waals surface area contributed by atoms with Gasteiger partial charge in [-0.25, -0.2) is 4.79 Å². The Hall–Kier alpha value is -1.47. The van der Waals surface area contributed by atoms with Crippen molar-refractivity contribution in [1.29, 1.82) is 5.26 Å². The predicted molar refractivity (Wildman–Crippen MR) is 80.2 cm³/mol. The molecule has 0 bridgehead atoms. The van der Waals surface area contributed by atoms with Crippen molar-refractivity contribution in [2.75, 3.05) is 0 Å². The molecule has 1 rings (SSSR count). The molecule has 0 aliphatic heterocycles. The van der Waals surface area contributed by atoms with Crippen LogP contribution in [0.3, 0.4) is 0 Å². The van der Waals surface area contributed by atoms with Crippen molar-refractivity contribution in [2.45, 2.75) is 13.0 Å². The number of nitrogens with zero attached hydrogens (tertiary/aromatic N) is 1. The molecule has 0 aliphatic rings. The molecule has 3 nitrogen and oxygen atoms in total. The summed E-state index contributed by atoms with van der Waals surface area (Å²) in [5.74, 6) is -0.784. The number of carbonyl (C=O) groups excluding carboxylic acids is 1. The Morgan fingerprint density at radius 1 is 1.30 bits per heavy atom. The van der Waals surface area contributed by atoms with Gasteiger partial charge in [-0.3, -0.25) is 0 Å². The van der Waals surface area contributed by atoms with Gasteiger partial charge < -0.3 is 4.74 Å². The number of allylic oxidation sites excluding steroid dienone is 3. The highest BCUT2D eigenvalue weighted by molar-refractivity contribution is 6.41. The van der Waals surface area contributed by atoms with Gasteiger partial charge in [0.05, 0.1) is 15.6 Å². The quantitative estimate of drug-likeness (QED) is 0.587. The van der Waals surface area contributed by atoms with Crippen molar-refractivity contribution in [3.63, 3.8) is 0 Å². The van der Waals surface area contributed by atoms with Crippen LogP contribution in [0.5, 0.6) is 0 Å². The van der Waals surface area contributed by atoms with Crippen LogP contribution in [0, 0.1) is 11.3 Å². The Bertz CT molecular complexity index is 580. The fourth-order valence-corrected chi connectivity index (χ4v) is 2.27. The zero-order chi connectivity index (χ0) is 15.1. The lowest BCUT2D eigenvalue weighted by Gasteiger charge is -2.10. The van der Waals surface area contributed by atoms with Gasteiger partial charge in [0.1, 0.15) is 6.07 Å². The van der Waals surface area contributed by atoms with E-state index in [2.05, 4.69) is 0 Å². The highest BCUT2D eigenvalue weighted by atomic mass is 35.5. The second-order valence-electron chi connectivity index (χ2n) is 3.61. The summed E-state index contributed by atoms with van der Waals surface area (Å²) >= 11 is 17.6. The lowest BCUT2D eigenvalue weighted by Crippen LogP contribution is -2.15. The first-order valence-corrected chi connectivity index (χ1v) is 6.67. The lowest BCUT2D eigenvalue weighted by molar-refractivity contribution is 0.0473. The molecule has 0 saturated heterocycles. The van der Waals surface area contributed by atoms with Crippen molar-refractivity contribution in [2.24, 2.45) is 0 Å². The van der Waals surface area contributed by atoms with E-state index in [1.807, 2.05) is 13.0 Å². The van der Waals surface area contributed by atoms with Crippen LogP contribution in [-0.2, 0) is 4.74 Å². The Labute approximate surface area is 132 Å². The molecule has 0 spiro atoms. The molecular formula is C14H10Cl3NO2. The van der Waals surface area contributed by atoms with Gasteiger partial charge in [0.2, 0.25) is 6.10 Å². The van der Waals surface area contributed by atoms with Crippen molar-refractivity contribution >= 4 is 40.8 Å². The van der Waals surface area contributed by atoms with Crippen LogP contribution in [0.1, 0.15) is 17.3 Å². The summed E-state index contributed by atoms with van der Waals surface area (Å²) in [6.45, 7) is 1.82. The van der Waals surface area contributed by atoms with Crippen molar-refractivity contribution < 1.29 is 9.53 Å². The van der Waals surface area contributed by atoms with E-state index in [9.17, 15) is 4.79 Å². The van der Waals surface area contributed by atoms with Gasteiger partial charge in [0.15, 0.2) is 0 Å². The maximum Gasteiger partial charge on any atom is 0.342 e. The van der Waals surface area contributed by atoms with E-state index in [1.54, 1.807) is 18.2 Å². The molecule has 1 aromatic carbocycles. The molecule has 1 atom stereocenters. The van der Waals surface area contributed by atoms with Crippen molar-refractivity contribution in [3.05, 3.63) is 57.1 Å². The molecule has 104 valence electrons. The summed E-state index contributed by atoms with van der Waals surface area (Å²) in [5, 5.41) is 9.36. The van der Waals surface area contributed by atoms with E-state index in [0.29, 0.717) is 5.02 Å². The van der Waals surface area contributed by atoms with E-state index in [0.717, 1.165) is 0 Å². The first-order valence-electron chi connectivity index (χ1n) is 5.54. The third-order valence-corrected chi connectivity index (χ3v) is 2.98. The highest BCUT2D eigenvalue weighted by Crippen LogP contribution is 2.29. The number of hydrogen-bond acceptors (Lipinski definition) is 3. The minimum Gasteiger partial charge on any atom is -0.439 e. The number of rotatable bonds is 4. The number of ether oxygens (including phenoxy) is 1. The Balaban J connectivity index is 2.94. The van der Waals surface area contributed by atoms with Gasteiger partial charge >= 0.3 is 5.97 Å². The van der Waals surface area contributed by atoms with Crippen LogP contribution in [0.4, 0.5) is 0 Å². The average molecular weight is 331 g/mol. The van der Waals surface area contributed by atoms with Crippen molar-refractivity contribution in [3.8, 4) is 6.07 Å². The predicted octanol–water partition coefficient (Wildman–Crippen LogP) is 4.83. The SMILES string of the molecule is C/C=C/C=C/[C@H](C#N)OC(=O)c1c(Cl)cc(Cl)cc1Cl. The van der Waals surface area contributed by atoms with E-state index in [-0.39, 0.29) is 15.6 Å². The minimum absolute atomic E-state index is 0.0163. The fourth-order valence-electron chi connectivity index (χ4n) is 1.30. The molecule has 20 heavy (non-hydrogen) atoms. The number of nitriles is 1. The lowest BCUT2D eigenvalue weighted by atomic mass is 10.2. The van der Waals surface area contributed by atoms with Gasteiger partial charge in [-0.2, -0.15) is 5.26 Å². The Morgan fingerprint density at radius 2 is 1.90 bits per heavy atom. The molecule has 0 N–H and O–H groups in total. The van der Waals surface area contributed by atoms with Crippen LogP contribution >= 0.6 is 34.8 Å².